The van der Waals surface area contributed by atoms with Crippen molar-refractivity contribution < 1.29 is 15.0 Å². The molecule has 2 unspecified atom stereocenters. The molecule has 2 atom stereocenters. The number of carbonyl (C=O) groups excluding carboxylic acids is 1. The zero-order valence-corrected chi connectivity index (χ0v) is 38.1. The molecule has 0 aromatic rings. The molecule has 0 aromatic heterocycles. The predicted octanol–water partition coefficient (Wildman–Crippen LogP) is 16.1. The lowest BCUT2D eigenvalue weighted by molar-refractivity contribution is -0.123. The van der Waals surface area contributed by atoms with Crippen LogP contribution in [0.2, 0.25) is 0 Å². The fraction of sp³-hybridized carbons (Fsp3) is 0.792. The molecule has 4 nitrogen and oxygen atoms in total. The molecule has 0 bridgehead atoms. The number of allylic oxidation sites excluding steroid dienone is 10. The van der Waals surface area contributed by atoms with Gasteiger partial charge in [-0.05, 0) is 57.8 Å². The lowest BCUT2D eigenvalue weighted by Gasteiger charge is -2.22. The van der Waals surface area contributed by atoms with Gasteiger partial charge in [-0.2, -0.15) is 0 Å². The second-order valence-corrected chi connectivity index (χ2v) is 16.9. The van der Waals surface area contributed by atoms with Crippen LogP contribution in [0.5, 0.6) is 0 Å². The number of aliphatic hydroxyl groups is 2. The van der Waals surface area contributed by atoms with Crippen LogP contribution in [0.1, 0.15) is 251 Å². The minimum Gasteiger partial charge on any atom is -0.394 e. The van der Waals surface area contributed by atoms with Crippen molar-refractivity contribution in [3.8, 4) is 0 Å². The Kier molecular flexibility index (Phi) is 46.8. The van der Waals surface area contributed by atoms with Crippen LogP contribution in [0.4, 0.5) is 0 Å². The highest BCUT2D eigenvalue weighted by Gasteiger charge is 2.20. The third-order valence-electron chi connectivity index (χ3n) is 11.3. The molecule has 0 aromatic carbocycles. The first-order valence-electron chi connectivity index (χ1n) is 25.0. The van der Waals surface area contributed by atoms with Crippen molar-refractivity contribution in [3.05, 3.63) is 60.8 Å². The van der Waals surface area contributed by atoms with Gasteiger partial charge in [-0.1, -0.05) is 248 Å². The summed E-state index contributed by atoms with van der Waals surface area (Å²) in [4.78, 5) is 12.5. The maximum Gasteiger partial charge on any atom is 0.220 e. The quantitative estimate of drug-likeness (QED) is 0.0425. The number of hydrogen-bond acceptors (Lipinski definition) is 3. The van der Waals surface area contributed by atoms with E-state index in [9.17, 15) is 15.0 Å². The normalized spacial score (nSPS) is 13.4. The van der Waals surface area contributed by atoms with Gasteiger partial charge < -0.3 is 15.5 Å². The molecular formula is C53H97NO3. The molecule has 332 valence electrons. The number of rotatable bonds is 45. The number of unbranched alkanes of at least 4 members (excludes halogenated alkanes) is 28. The Hall–Kier alpha value is -1.91. The SMILES string of the molecule is CC/C=C\C/C=C\C/C=C\C/C=C\C/C=C\CCCCCCCCCC(=O)NC(CO)C(O)CCCCCCCCCCCCCCCCCCCCCCCC. The van der Waals surface area contributed by atoms with Crippen molar-refractivity contribution in [1.29, 1.82) is 0 Å². The van der Waals surface area contributed by atoms with Gasteiger partial charge in [0.2, 0.25) is 5.91 Å². The molecule has 0 aliphatic carbocycles. The average Bonchev–Trinajstić information content (AvgIpc) is 3.22. The molecule has 1 amide bonds. The highest BCUT2D eigenvalue weighted by atomic mass is 16.3. The van der Waals surface area contributed by atoms with Crippen LogP contribution in [0.15, 0.2) is 60.8 Å². The highest BCUT2D eigenvalue weighted by molar-refractivity contribution is 5.76. The van der Waals surface area contributed by atoms with Crippen LogP contribution < -0.4 is 5.32 Å². The summed E-state index contributed by atoms with van der Waals surface area (Å²) in [5.41, 5.74) is 0. The van der Waals surface area contributed by atoms with Crippen molar-refractivity contribution in [2.75, 3.05) is 6.61 Å². The summed E-state index contributed by atoms with van der Waals surface area (Å²) in [7, 11) is 0. The molecule has 0 fully saturated rings. The van der Waals surface area contributed by atoms with Gasteiger partial charge >= 0.3 is 0 Å². The molecule has 57 heavy (non-hydrogen) atoms. The van der Waals surface area contributed by atoms with Crippen LogP contribution in [0.3, 0.4) is 0 Å². The maximum atomic E-state index is 12.5. The first-order chi connectivity index (χ1) is 28.2. The topological polar surface area (TPSA) is 69.6 Å². The summed E-state index contributed by atoms with van der Waals surface area (Å²) >= 11 is 0. The zero-order valence-electron chi connectivity index (χ0n) is 38.1. The van der Waals surface area contributed by atoms with Gasteiger partial charge in [-0.25, -0.2) is 0 Å². The van der Waals surface area contributed by atoms with Gasteiger partial charge in [0.15, 0.2) is 0 Å². The second-order valence-electron chi connectivity index (χ2n) is 16.9. The van der Waals surface area contributed by atoms with Crippen LogP contribution >= 0.6 is 0 Å². The van der Waals surface area contributed by atoms with Gasteiger partial charge in [0.05, 0.1) is 18.8 Å². The van der Waals surface area contributed by atoms with E-state index in [-0.39, 0.29) is 12.5 Å². The van der Waals surface area contributed by atoms with E-state index >= 15 is 0 Å². The fourth-order valence-corrected chi connectivity index (χ4v) is 7.51. The molecule has 0 rings (SSSR count). The number of carbonyl (C=O) groups is 1. The molecule has 3 N–H and O–H groups in total. The standard InChI is InChI=1S/C53H97NO3/c1-3-5-7-9-11-13-15-17-19-21-23-25-27-29-31-33-35-37-39-41-43-45-47-49-53(57)54-51(50-55)52(56)48-46-44-42-40-38-36-34-32-30-28-26-24-22-20-18-16-14-12-10-8-6-4-2/h5,7,11,13,17,19,23,25,29,31,51-52,55-56H,3-4,6,8-10,12,14-16,18,20-22,24,26-28,30,32-50H2,1-2H3,(H,54,57)/b7-5-,13-11-,19-17-,25-23-,31-29-. The highest BCUT2D eigenvalue weighted by Crippen LogP contribution is 2.17. The Labute approximate surface area is 356 Å². The lowest BCUT2D eigenvalue weighted by Crippen LogP contribution is -2.45. The minimum absolute atomic E-state index is 0.0424. The Morgan fingerprint density at radius 2 is 0.772 bits per heavy atom. The Bertz CT molecular complexity index is 950. The third kappa shape index (κ3) is 45.0. The van der Waals surface area contributed by atoms with E-state index in [4.69, 9.17) is 0 Å². The smallest absolute Gasteiger partial charge is 0.220 e. The van der Waals surface area contributed by atoms with Gasteiger partial charge in [-0.3, -0.25) is 4.79 Å². The second kappa shape index (κ2) is 48.5. The molecule has 0 spiro atoms. The molecule has 0 radical (unpaired) electrons. The summed E-state index contributed by atoms with van der Waals surface area (Å²) in [6.45, 7) is 4.25. The van der Waals surface area contributed by atoms with Crippen molar-refractivity contribution in [1.82, 2.24) is 5.32 Å². The molecular weight excluding hydrogens is 699 g/mol. The monoisotopic (exact) mass is 796 g/mol. The molecule has 0 saturated carbocycles. The van der Waals surface area contributed by atoms with E-state index in [1.165, 1.54) is 161 Å². The van der Waals surface area contributed by atoms with Crippen molar-refractivity contribution >= 4 is 5.91 Å². The first kappa shape index (κ1) is 55.1. The van der Waals surface area contributed by atoms with E-state index in [1.54, 1.807) is 0 Å². The van der Waals surface area contributed by atoms with E-state index in [1.807, 2.05) is 0 Å². The number of aliphatic hydroxyl groups excluding tert-OH is 2. The van der Waals surface area contributed by atoms with E-state index in [0.717, 1.165) is 64.2 Å². The molecule has 0 aliphatic rings. The van der Waals surface area contributed by atoms with Gasteiger partial charge in [0, 0.05) is 6.42 Å². The van der Waals surface area contributed by atoms with Gasteiger partial charge in [0.25, 0.3) is 0 Å². The summed E-state index contributed by atoms with van der Waals surface area (Å²) in [6, 6.07) is -0.546. The molecule has 0 saturated heterocycles. The van der Waals surface area contributed by atoms with Gasteiger partial charge in [-0.15, -0.1) is 0 Å². The Morgan fingerprint density at radius 1 is 0.439 bits per heavy atom. The third-order valence-corrected chi connectivity index (χ3v) is 11.3. The summed E-state index contributed by atoms with van der Waals surface area (Å²) in [5.74, 6) is -0.0424. The van der Waals surface area contributed by atoms with E-state index in [2.05, 4.69) is 79.9 Å². The minimum atomic E-state index is -0.668. The van der Waals surface area contributed by atoms with Crippen molar-refractivity contribution in [3.63, 3.8) is 0 Å². The summed E-state index contributed by atoms with van der Waals surface area (Å²) < 4.78 is 0. The maximum absolute atomic E-state index is 12.5. The lowest BCUT2D eigenvalue weighted by atomic mass is 10.0. The molecule has 0 heterocycles. The number of hydrogen-bond donors (Lipinski definition) is 3. The molecule has 4 heteroatoms. The average molecular weight is 796 g/mol. The van der Waals surface area contributed by atoms with Crippen molar-refractivity contribution in [2.24, 2.45) is 0 Å². The molecule has 0 aliphatic heterocycles. The first-order valence-corrected chi connectivity index (χ1v) is 25.0. The van der Waals surface area contributed by atoms with Gasteiger partial charge in [0.1, 0.15) is 0 Å². The summed E-state index contributed by atoms with van der Waals surface area (Å²) in [6.07, 6.45) is 67.4. The zero-order chi connectivity index (χ0) is 41.4. The van der Waals surface area contributed by atoms with Crippen molar-refractivity contribution in [2.45, 2.75) is 264 Å². The summed E-state index contributed by atoms with van der Waals surface area (Å²) in [5, 5.41) is 23.3. The van der Waals surface area contributed by atoms with Crippen LogP contribution in [0, 0.1) is 0 Å². The largest absolute Gasteiger partial charge is 0.394 e. The van der Waals surface area contributed by atoms with Crippen LogP contribution in [-0.4, -0.2) is 34.9 Å². The van der Waals surface area contributed by atoms with Crippen LogP contribution in [0.25, 0.3) is 0 Å². The van der Waals surface area contributed by atoms with E-state index in [0.29, 0.717) is 12.8 Å². The van der Waals surface area contributed by atoms with Crippen LogP contribution in [-0.2, 0) is 4.79 Å². The van der Waals surface area contributed by atoms with E-state index < -0.39 is 12.1 Å². The number of amides is 1. The predicted molar refractivity (Wildman–Crippen MR) is 253 cm³/mol. The number of nitrogens with one attached hydrogen (secondary N) is 1. The Morgan fingerprint density at radius 3 is 1.16 bits per heavy atom. The fourth-order valence-electron chi connectivity index (χ4n) is 7.51. The Balaban J connectivity index is 3.53.